The number of benzene rings is 1. The second-order valence-electron chi connectivity index (χ2n) is 6.05. The summed E-state index contributed by atoms with van der Waals surface area (Å²) in [7, 11) is 0. The van der Waals surface area contributed by atoms with Crippen LogP contribution < -0.4 is 4.90 Å². The lowest BCUT2D eigenvalue weighted by Gasteiger charge is -2.38. The van der Waals surface area contributed by atoms with E-state index in [1.165, 1.54) is 23.7 Å². The molecule has 0 saturated carbocycles. The Morgan fingerprint density at radius 3 is 2.73 bits per heavy atom. The van der Waals surface area contributed by atoms with Crippen molar-refractivity contribution in [2.24, 2.45) is 5.41 Å². The highest BCUT2D eigenvalue weighted by molar-refractivity contribution is 7.09. The monoisotopic (exact) mass is 325 g/mol. The number of nitrogens with zero attached hydrogens (tertiary/aromatic N) is 3. The van der Waals surface area contributed by atoms with E-state index in [4.69, 9.17) is 0 Å². The minimum atomic E-state index is -0.642. The summed E-state index contributed by atoms with van der Waals surface area (Å²) < 4.78 is 30.8. The highest BCUT2D eigenvalue weighted by Crippen LogP contribution is 2.33. The van der Waals surface area contributed by atoms with Crippen LogP contribution in [0, 0.1) is 17.0 Å². The van der Waals surface area contributed by atoms with E-state index in [-0.39, 0.29) is 12.0 Å². The molecule has 1 aliphatic heterocycles. The van der Waals surface area contributed by atoms with Gasteiger partial charge in [-0.2, -0.15) is 9.36 Å². The van der Waals surface area contributed by atoms with Crippen LogP contribution in [0.5, 0.6) is 0 Å². The molecule has 1 unspecified atom stereocenters. The van der Waals surface area contributed by atoms with Crippen LogP contribution in [0.3, 0.4) is 0 Å². The first-order valence-electron chi connectivity index (χ1n) is 7.15. The molecule has 22 heavy (non-hydrogen) atoms. The lowest BCUT2D eigenvalue weighted by Crippen LogP contribution is -2.43. The van der Waals surface area contributed by atoms with E-state index in [0.717, 1.165) is 30.6 Å². The van der Waals surface area contributed by atoms with Crippen molar-refractivity contribution in [2.45, 2.75) is 19.8 Å². The fourth-order valence-corrected chi connectivity index (χ4v) is 3.46. The van der Waals surface area contributed by atoms with Gasteiger partial charge in [-0.25, -0.2) is 8.78 Å². The maximum Gasteiger partial charge on any atom is 0.205 e. The lowest BCUT2D eigenvalue weighted by molar-refractivity contribution is 0.123. The van der Waals surface area contributed by atoms with Crippen molar-refractivity contribution in [3.8, 4) is 11.4 Å². The number of anilines is 1. The molecule has 0 spiro atoms. The van der Waals surface area contributed by atoms with Gasteiger partial charge >= 0.3 is 0 Å². The van der Waals surface area contributed by atoms with Crippen LogP contribution in [-0.2, 0) is 0 Å². The predicted octanol–water partition coefficient (Wildman–Crippen LogP) is 3.08. The zero-order chi connectivity index (χ0) is 15.7. The van der Waals surface area contributed by atoms with Crippen LogP contribution in [0.15, 0.2) is 18.2 Å². The second-order valence-corrected chi connectivity index (χ2v) is 6.78. The first-order valence-corrected chi connectivity index (χ1v) is 7.92. The third-order valence-electron chi connectivity index (χ3n) is 3.97. The van der Waals surface area contributed by atoms with Gasteiger partial charge in [0.15, 0.2) is 5.82 Å². The second kappa shape index (κ2) is 5.89. The number of aromatic nitrogens is 2. The Kier molecular flexibility index (Phi) is 4.10. The molecule has 1 aromatic carbocycles. The maximum absolute atomic E-state index is 13.3. The molecule has 4 nitrogen and oxygen atoms in total. The number of hydrogen-bond donors (Lipinski definition) is 1. The van der Waals surface area contributed by atoms with Crippen molar-refractivity contribution >= 4 is 16.7 Å². The summed E-state index contributed by atoms with van der Waals surface area (Å²) in [6.07, 6.45) is 1.95. The molecule has 2 heterocycles. The molecule has 0 aliphatic carbocycles. The molecule has 1 saturated heterocycles. The Labute approximate surface area is 131 Å². The Morgan fingerprint density at radius 1 is 1.32 bits per heavy atom. The fraction of sp³-hybridized carbons (Fsp3) is 0.467. The van der Waals surface area contributed by atoms with E-state index >= 15 is 0 Å². The lowest BCUT2D eigenvalue weighted by atomic mass is 9.83. The van der Waals surface area contributed by atoms with Crippen LogP contribution >= 0.6 is 11.5 Å². The summed E-state index contributed by atoms with van der Waals surface area (Å²) in [6.45, 7) is 3.73. The van der Waals surface area contributed by atoms with E-state index in [0.29, 0.717) is 17.9 Å². The summed E-state index contributed by atoms with van der Waals surface area (Å²) in [6, 6.07) is 3.28. The standard InChI is InChI=1S/C15H17F2N3OS/c1-15(9-21)3-2-4-20(8-15)14-18-13(19-22-14)10-5-11(16)7-12(17)6-10/h5-7,21H,2-4,8-9H2,1H3. The topological polar surface area (TPSA) is 49.2 Å². The molecule has 118 valence electrons. The molecule has 0 bridgehead atoms. The van der Waals surface area contributed by atoms with Gasteiger partial charge < -0.3 is 10.0 Å². The average molecular weight is 325 g/mol. The van der Waals surface area contributed by atoms with Crippen LogP contribution in [0.2, 0.25) is 0 Å². The van der Waals surface area contributed by atoms with E-state index in [2.05, 4.69) is 14.3 Å². The summed E-state index contributed by atoms with van der Waals surface area (Å²) in [4.78, 5) is 6.48. The van der Waals surface area contributed by atoms with Gasteiger partial charge in [-0.3, -0.25) is 0 Å². The molecule has 1 fully saturated rings. The smallest absolute Gasteiger partial charge is 0.205 e. The molecular formula is C15H17F2N3OS. The zero-order valence-electron chi connectivity index (χ0n) is 12.2. The first kappa shape index (κ1) is 15.3. The maximum atomic E-state index is 13.3. The van der Waals surface area contributed by atoms with Crippen LogP contribution in [0.4, 0.5) is 13.9 Å². The van der Waals surface area contributed by atoms with Crippen LogP contribution in [0.1, 0.15) is 19.8 Å². The summed E-state index contributed by atoms with van der Waals surface area (Å²) in [5.41, 5.74) is 0.191. The molecule has 1 aromatic heterocycles. The Balaban J connectivity index is 1.84. The highest BCUT2D eigenvalue weighted by atomic mass is 32.1. The molecule has 3 rings (SSSR count). The Morgan fingerprint density at radius 2 is 2.05 bits per heavy atom. The van der Waals surface area contributed by atoms with Gasteiger partial charge in [0.1, 0.15) is 11.6 Å². The molecular weight excluding hydrogens is 308 g/mol. The van der Waals surface area contributed by atoms with E-state index < -0.39 is 11.6 Å². The Bertz CT molecular complexity index is 658. The van der Waals surface area contributed by atoms with E-state index in [1.54, 1.807) is 0 Å². The van der Waals surface area contributed by atoms with Gasteiger partial charge in [-0.15, -0.1) is 0 Å². The number of aliphatic hydroxyl groups excluding tert-OH is 1. The van der Waals surface area contributed by atoms with E-state index in [1.807, 2.05) is 6.92 Å². The minimum Gasteiger partial charge on any atom is -0.396 e. The Hall–Kier alpha value is -1.60. The van der Waals surface area contributed by atoms with Crippen molar-refractivity contribution in [1.82, 2.24) is 9.36 Å². The molecule has 1 N–H and O–H groups in total. The van der Waals surface area contributed by atoms with Crippen LogP contribution in [0.25, 0.3) is 11.4 Å². The van der Waals surface area contributed by atoms with Crippen molar-refractivity contribution in [2.75, 3.05) is 24.6 Å². The van der Waals surface area contributed by atoms with Gasteiger partial charge in [0.05, 0.1) is 6.61 Å². The quantitative estimate of drug-likeness (QED) is 0.942. The van der Waals surface area contributed by atoms with Gasteiger partial charge in [-0.1, -0.05) is 6.92 Å². The van der Waals surface area contributed by atoms with Crippen molar-refractivity contribution in [1.29, 1.82) is 0 Å². The van der Waals surface area contributed by atoms with E-state index in [9.17, 15) is 13.9 Å². The molecule has 1 aliphatic rings. The largest absolute Gasteiger partial charge is 0.396 e. The normalized spacial score (nSPS) is 22.1. The van der Waals surface area contributed by atoms with Crippen molar-refractivity contribution < 1.29 is 13.9 Å². The SMILES string of the molecule is CC1(CO)CCCN(c2nc(-c3cc(F)cc(F)c3)ns2)C1. The number of aliphatic hydroxyl groups is 1. The zero-order valence-corrected chi connectivity index (χ0v) is 13.0. The third-order valence-corrected chi connectivity index (χ3v) is 4.75. The highest BCUT2D eigenvalue weighted by Gasteiger charge is 2.31. The molecule has 1 atom stereocenters. The number of hydrogen-bond acceptors (Lipinski definition) is 5. The van der Waals surface area contributed by atoms with Gasteiger partial charge in [0, 0.05) is 41.7 Å². The number of piperidine rings is 1. The molecule has 0 radical (unpaired) electrons. The van der Waals surface area contributed by atoms with Gasteiger partial charge in [0.2, 0.25) is 5.13 Å². The minimum absolute atomic E-state index is 0.129. The van der Waals surface area contributed by atoms with Gasteiger partial charge in [0.25, 0.3) is 0 Å². The molecule has 7 heteroatoms. The molecule has 0 amide bonds. The van der Waals surface area contributed by atoms with Crippen molar-refractivity contribution in [3.63, 3.8) is 0 Å². The summed E-state index contributed by atoms with van der Waals surface area (Å²) in [5, 5.41) is 10.2. The fourth-order valence-electron chi connectivity index (χ4n) is 2.75. The van der Waals surface area contributed by atoms with Crippen LogP contribution in [-0.4, -0.2) is 34.2 Å². The first-order chi connectivity index (χ1) is 10.5. The summed E-state index contributed by atoms with van der Waals surface area (Å²) >= 11 is 1.21. The average Bonchev–Trinajstić information content (AvgIpc) is 2.96. The predicted molar refractivity (Wildman–Crippen MR) is 81.9 cm³/mol. The molecule has 2 aromatic rings. The van der Waals surface area contributed by atoms with Gasteiger partial charge in [-0.05, 0) is 25.0 Å². The third kappa shape index (κ3) is 3.10. The number of halogens is 2. The summed E-state index contributed by atoms with van der Waals surface area (Å²) in [5.74, 6) is -0.955. The number of rotatable bonds is 3. The van der Waals surface area contributed by atoms with Crippen molar-refractivity contribution in [3.05, 3.63) is 29.8 Å².